The van der Waals surface area contributed by atoms with Crippen molar-refractivity contribution in [2.45, 2.75) is 0 Å². The molecular formula is C21H24FN3O4. The first-order chi connectivity index (χ1) is 14.0. The lowest BCUT2D eigenvalue weighted by molar-refractivity contribution is -0.139. The minimum absolute atomic E-state index is 0.0259. The molecule has 29 heavy (non-hydrogen) atoms. The molecule has 7 nitrogen and oxygen atoms in total. The smallest absolute Gasteiger partial charge is 0.355 e. The minimum Gasteiger partial charge on any atom is -0.465 e. The topological polar surface area (TPSA) is 62.3 Å². The molecule has 0 N–H and O–H groups in total. The fourth-order valence-electron chi connectivity index (χ4n) is 3.36. The lowest BCUT2D eigenvalue weighted by atomic mass is 10.1. The number of benzene rings is 1. The highest BCUT2D eigenvalue weighted by Gasteiger charge is 2.30. The molecule has 0 radical (unpaired) electrons. The Morgan fingerprint density at radius 1 is 0.966 bits per heavy atom. The quantitative estimate of drug-likeness (QED) is 0.716. The van der Waals surface area contributed by atoms with Gasteiger partial charge in [0.05, 0.1) is 31.2 Å². The number of carbonyl (C=O) groups is 2. The second-order valence-electron chi connectivity index (χ2n) is 6.74. The highest BCUT2D eigenvalue weighted by Crippen LogP contribution is 2.35. The zero-order valence-corrected chi connectivity index (χ0v) is 16.7. The monoisotopic (exact) mass is 401 g/mol. The van der Waals surface area contributed by atoms with Crippen LogP contribution < -0.4 is 9.80 Å². The van der Waals surface area contributed by atoms with Crippen molar-refractivity contribution in [3.63, 3.8) is 0 Å². The van der Waals surface area contributed by atoms with Gasteiger partial charge in [-0.2, -0.15) is 0 Å². The molecule has 0 spiro atoms. The number of esters is 2. The zero-order chi connectivity index (χ0) is 21.0. The number of hydrogen-bond donors (Lipinski definition) is 0. The van der Waals surface area contributed by atoms with E-state index < -0.39 is 17.8 Å². The highest BCUT2D eigenvalue weighted by molar-refractivity contribution is 6.06. The van der Waals surface area contributed by atoms with Crippen molar-refractivity contribution in [1.29, 1.82) is 0 Å². The van der Waals surface area contributed by atoms with E-state index in [-0.39, 0.29) is 11.3 Å². The SMILES string of the molecule is COC(=O)C1=C(C(=O)OC)N(c2cc(F)ccc2N2CCN(C)CC2)C=CC=C1. The molecule has 1 fully saturated rings. The van der Waals surface area contributed by atoms with E-state index in [0.717, 1.165) is 31.9 Å². The molecule has 0 atom stereocenters. The molecule has 3 rings (SSSR count). The molecule has 1 aromatic carbocycles. The van der Waals surface area contributed by atoms with Gasteiger partial charge in [-0.1, -0.05) is 6.08 Å². The average molecular weight is 401 g/mol. The molecule has 0 aliphatic carbocycles. The van der Waals surface area contributed by atoms with Gasteiger partial charge in [0.15, 0.2) is 0 Å². The molecule has 0 bridgehead atoms. The van der Waals surface area contributed by atoms with Gasteiger partial charge in [-0.25, -0.2) is 14.0 Å². The summed E-state index contributed by atoms with van der Waals surface area (Å²) in [5.74, 6) is -1.87. The van der Waals surface area contributed by atoms with Crippen molar-refractivity contribution in [3.05, 3.63) is 59.7 Å². The Morgan fingerprint density at radius 2 is 1.66 bits per heavy atom. The van der Waals surface area contributed by atoms with E-state index in [4.69, 9.17) is 9.47 Å². The Hall–Kier alpha value is -3.13. The third kappa shape index (κ3) is 4.32. The molecule has 0 unspecified atom stereocenters. The van der Waals surface area contributed by atoms with Crippen LogP contribution in [-0.4, -0.2) is 64.3 Å². The van der Waals surface area contributed by atoms with E-state index >= 15 is 0 Å². The van der Waals surface area contributed by atoms with Crippen LogP contribution in [0.5, 0.6) is 0 Å². The van der Waals surface area contributed by atoms with Crippen LogP contribution >= 0.6 is 0 Å². The summed E-state index contributed by atoms with van der Waals surface area (Å²) in [6, 6.07) is 4.43. The minimum atomic E-state index is -0.727. The number of rotatable bonds is 4. The Morgan fingerprint density at radius 3 is 2.31 bits per heavy atom. The number of carbonyl (C=O) groups excluding carboxylic acids is 2. The number of ether oxygens (including phenoxy) is 2. The van der Waals surface area contributed by atoms with Crippen LogP contribution in [-0.2, 0) is 19.1 Å². The molecule has 154 valence electrons. The third-order valence-electron chi connectivity index (χ3n) is 4.93. The molecule has 0 aromatic heterocycles. The first-order valence-corrected chi connectivity index (χ1v) is 9.24. The summed E-state index contributed by atoms with van der Waals surface area (Å²) in [5.41, 5.74) is 1.19. The number of allylic oxidation sites excluding steroid dienone is 2. The van der Waals surface area contributed by atoms with Gasteiger partial charge < -0.3 is 24.2 Å². The fourth-order valence-corrected chi connectivity index (χ4v) is 3.36. The molecule has 8 heteroatoms. The van der Waals surface area contributed by atoms with Crippen LogP contribution in [0.15, 0.2) is 53.9 Å². The molecule has 2 heterocycles. The van der Waals surface area contributed by atoms with E-state index in [0.29, 0.717) is 5.69 Å². The maximum Gasteiger partial charge on any atom is 0.355 e. The number of methoxy groups -OCH3 is 2. The van der Waals surface area contributed by atoms with Gasteiger partial charge in [0.1, 0.15) is 11.5 Å². The van der Waals surface area contributed by atoms with Gasteiger partial charge >= 0.3 is 11.9 Å². The number of likely N-dealkylation sites (N-methyl/N-ethyl adjacent to an activating group) is 1. The maximum atomic E-state index is 14.2. The maximum absolute atomic E-state index is 14.2. The van der Waals surface area contributed by atoms with Crippen molar-refractivity contribution < 1.29 is 23.5 Å². The van der Waals surface area contributed by atoms with Crippen molar-refractivity contribution in [2.24, 2.45) is 0 Å². The van der Waals surface area contributed by atoms with Gasteiger partial charge in [-0.05, 0) is 37.4 Å². The first kappa shape index (κ1) is 20.6. The zero-order valence-electron chi connectivity index (χ0n) is 16.7. The summed E-state index contributed by atoms with van der Waals surface area (Å²) in [7, 11) is 4.51. The van der Waals surface area contributed by atoms with E-state index in [1.54, 1.807) is 24.4 Å². The van der Waals surface area contributed by atoms with Gasteiger partial charge in [0, 0.05) is 32.4 Å². The van der Waals surface area contributed by atoms with Crippen LogP contribution in [0, 0.1) is 5.82 Å². The summed E-state index contributed by atoms with van der Waals surface area (Å²) in [6.45, 7) is 3.24. The normalized spacial score (nSPS) is 17.4. The van der Waals surface area contributed by atoms with Crippen LogP contribution in [0.3, 0.4) is 0 Å². The Labute approximate surface area is 169 Å². The Balaban J connectivity index is 2.15. The first-order valence-electron chi connectivity index (χ1n) is 9.24. The van der Waals surface area contributed by atoms with Crippen LogP contribution in [0.2, 0.25) is 0 Å². The highest BCUT2D eigenvalue weighted by atomic mass is 19.1. The van der Waals surface area contributed by atoms with Gasteiger partial charge in [0.2, 0.25) is 0 Å². The molecule has 1 aromatic rings. The molecule has 0 amide bonds. The van der Waals surface area contributed by atoms with E-state index in [9.17, 15) is 14.0 Å². The molecule has 2 aliphatic rings. The van der Waals surface area contributed by atoms with Gasteiger partial charge in [0.25, 0.3) is 0 Å². The molecule has 2 aliphatic heterocycles. The summed E-state index contributed by atoms with van der Waals surface area (Å²) in [6.07, 6.45) is 6.36. The fraction of sp³-hybridized carbons (Fsp3) is 0.333. The van der Waals surface area contributed by atoms with Crippen molar-refractivity contribution in [3.8, 4) is 0 Å². The summed E-state index contributed by atoms with van der Waals surface area (Å²) < 4.78 is 24.0. The number of piperazine rings is 1. The Kier molecular flexibility index (Phi) is 6.33. The van der Waals surface area contributed by atoms with Crippen LogP contribution in [0.1, 0.15) is 0 Å². The lowest BCUT2D eigenvalue weighted by Crippen LogP contribution is -2.45. The molecule has 1 saturated heterocycles. The van der Waals surface area contributed by atoms with E-state index in [1.165, 1.54) is 37.3 Å². The van der Waals surface area contributed by atoms with Crippen molar-refractivity contribution in [1.82, 2.24) is 4.90 Å². The summed E-state index contributed by atoms with van der Waals surface area (Å²) >= 11 is 0. The number of hydrogen-bond acceptors (Lipinski definition) is 7. The van der Waals surface area contributed by atoms with Crippen LogP contribution in [0.4, 0.5) is 15.8 Å². The van der Waals surface area contributed by atoms with Gasteiger partial charge in [-0.3, -0.25) is 0 Å². The number of anilines is 2. The second kappa shape index (κ2) is 8.91. The second-order valence-corrected chi connectivity index (χ2v) is 6.74. The molecular weight excluding hydrogens is 377 g/mol. The van der Waals surface area contributed by atoms with Gasteiger partial charge in [-0.15, -0.1) is 0 Å². The Bertz CT molecular complexity index is 886. The molecule has 0 saturated carbocycles. The predicted molar refractivity (Wildman–Crippen MR) is 108 cm³/mol. The van der Waals surface area contributed by atoms with E-state index in [1.807, 2.05) is 7.05 Å². The van der Waals surface area contributed by atoms with E-state index in [2.05, 4.69) is 9.80 Å². The lowest BCUT2D eigenvalue weighted by Gasteiger charge is -2.36. The average Bonchev–Trinajstić information content (AvgIpc) is 2.96. The van der Waals surface area contributed by atoms with Crippen molar-refractivity contribution >= 4 is 23.3 Å². The van der Waals surface area contributed by atoms with Crippen LogP contribution in [0.25, 0.3) is 0 Å². The third-order valence-corrected chi connectivity index (χ3v) is 4.93. The standard InChI is InChI=1S/C21H24FN3O4/c1-23-10-12-24(13-11-23)17-8-7-15(22)14-18(17)25-9-5-4-6-16(20(26)28-2)19(25)21(27)29-3/h4-9,14H,10-13H2,1-3H3. The largest absolute Gasteiger partial charge is 0.465 e. The van der Waals surface area contributed by atoms with Crippen molar-refractivity contribution in [2.75, 3.05) is 57.2 Å². The summed E-state index contributed by atoms with van der Waals surface area (Å²) in [4.78, 5) is 30.8. The number of nitrogens with zero attached hydrogens (tertiary/aromatic N) is 3. The predicted octanol–water partition coefficient (Wildman–Crippen LogP) is 2.07. The summed E-state index contributed by atoms with van der Waals surface area (Å²) in [5, 5.41) is 0. The number of halogens is 1.